The first-order valence-corrected chi connectivity index (χ1v) is 7.01. The molecule has 114 valence electrons. The number of rotatable bonds is 4. The Morgan fingerprint density at radius 3 is 2.59 bits per heavy atom. The van der Waals surface area contributed by atoms with Crippen LogP contribution in [-0.2, 0) is 4.79 Å². The number of nitrogens with zero attached hydrogens (tertiary/aromatic N) is 2. The van der Waals surface area contributed by atoms with Crippen LogP contribution in [0.15, 0.2) is 42.6 Å². The summed E-state index contributed by atoms with van der Waals surface area (Å²) in [5.74, 6) is -0.516. The number of nitrogens with one attached hydrogen (secondary N) is 1. The van der Waals surface area contributed by atoms with Gasteiger partial charge in [-0.2, -0.15) is 0 Å². The van der Waals surface area contributed by atoms with Gasteiger partial charge in [0.1, 0.15) is 5.69 Å². The van der Waals surface area contributed by atoms with E-state index in [9.17, 15) is 9.59 Å². The molecule has 1 N–H and O–H groups in total. The number of aryl methyl sites for hydroxylation is 1. The number of likely N-dealkylation sites (N-methyl/N-ethyl adjacent to an activating group) is 1. The third-order valence-electron chi connectivity index (χ3n) is 3.49. The van der Waals surface area contributed by atoms with E-state index in [-0.39, 0.29) is 18.4 Å². The number of pyridine rings is 1. The maximum absolute atomic E-state index is 12.1. The lowest BCUT2D eigenvalue weighted by molar-refractivity contribution is -0.116. The van der Waals surface area contributed by atoms with Gasteiger partial charge in [-0.25, -0.2) is 0 Å². The molecule has 0 radical (unpaired) electrons. The maximum Gasteiger partial charge on any atom is 0.272 e. The Kier molecular flexibility index (Phi) is 4.88. The molecular formula is C17H19N3O2. The highest BCUT2D eigenvalue weighted by Crippen LogP contribution is 2.17. The molecule has 22 heavy (non-hydrogen) atoms. The summed E-state index contributed by atoms with van der Waals surface area (Å²) in [7, 11) is 1.58. The van der Waals surface area contributed by atoms with Crippen LogP contribution in [-0.4, -0.2) is 35.3 Å². The molecule has 0 fully saturated rings. The number of carbonyl (C=O) groups excluding carboxylic acids is 2. The van der Waals surface area contributed by atoms with Crippen molar-refractivity contribution in [1.82, 2.24) is 9.88 Å². The monoisotopic (exact) mass is 297 g/mol. The van der Waals surface area contributed by atoms with Gasteiger partial charge in [-0.1, -0.05) is 18.2 Å². The molecule has 1 heterocycles. The van der Waals surface area contributed by atoms with Crippen LogP contribution in [0.1, 0.15) is 21.6 Å². The van der Waals surface area contributed by atoms with Crippen LogP contribution in [0.3, 0.4) is 0 Å². The van der Waals surface area contributed by atoms with Gasteiger partial charge in [-0.05, 0) is 43.2 Å². The highest BCUT2D eigenvalue weighted by atomic mass is 16.2. The van der Waals surface area contributed by atoms with Crippen molar-refractivity contribution in [3.05, 3.63) is 59.4 Å². The molecule has 0 saturated carbocycles. The van der Waals surface area contributed by atoms with E-state index in [2.05, 4.69) is 10.3 Å². The Hall–Kier alpha value is -2.69. The van der Waals surface area contributed by atoms with E-state index < -0.39 is 0 Å². The minimum atomic E-state index is -0.281. The van der Waals surface area contributed by atoms with E-state index in [4.69, 9.17) is 0 Å². The van der Waals surface area contributed by atoms with Crippen molar-refractivity contribution in [1.29, 1.82) is 0 Å². The Labute approximate surface area is 130 Å². The van der Waals surface area contributed by atoms with Gasteiger partial charge in [-0.15, -0.1) is 0 Å². The highest BCUT2D eigenvalue weighted by Gasteiger charge is 2.16. The number of benzene rings is 1. The van der Waals surface area contributed by atoms with E-state index in [0.29, 0.717) is 5.69 Å². The van der Waals surface area contributed by atoms with Crippen LogP contribution in [0, 0.1) is 13.8 Å². The SMILES string of the molecule is Cc1cccc(NC(=O)CN(C)C(=O)c2ccccn2)c1C. The van der Waals surface area contributed by atoms with Gasteiger partial charge in [0.05, 0.1) is 6.54 Å². The fourth-order valence-electron chi connectivity index (χ4n) is 2.05. The van der Waals surface area contributed by atoms with Crippen molar-refractivity contribution < 1.29 is 9.59 Å². The first-order chi connectivity index (χ1) is 10.5. The zero-order valence-corrected chi connectivity index (χ0v) is 13.0. The number of aromatic nitrogens is 1. The average Bonchev–Trinajstić information content (AvgIpc) is 2.52. The van der Waals surface area contributed by atoms with Gasteiger partial charge in [0, 0.05) is 18.9 Å². The molecule has 0 spiro atoms. The minimum absolute atomic E-state index is 0.0250. The summed E-state index contributed by atoms with van der Waals surface area (Å²) in [6.45, 7) is 3.91. The van der Waals surface area contributed by atoms with Gasteiger partial charge >= 0.3 is 0 Å². The molecule has 0 atom stereocenters. The van der Waals surface area contributed by atoms with Crippen LogP contribution < -0.4 is 5.32 Å². The molecule has 5 nitrogen and oxygen atoms in total. The number of hydrogen-bond acceptors (Lipinski definition) is 3. The quantitative estimate of drug-likeness (QED) is 0.942. The molecule has 2 rings (SSSR count). The van der Waals surface area contributed by atoms with Crippen molar-refractivity contribution in [2.24, 2.45) is 0 Å². The second-order valence-electron chi connectivity index (χ2n) is 5.17. The van der Waals surface area contributed by atoms with Crippen LogP contribution in [0.5, 0.6) is 0 Å². The Morgan fingerprint density at radius 2 is 1.91 bits per heavy atom. The van der Waals surface area contributed by atoms with Crippen LogP contribution in [0.4, 0.5) is 5.69 Å². The average molecular weight is 297 g/mol. The Bertz CT molecular complexity index is 684. The second kappa shape index (κ2) is 6.85. The molecule has 1 aromatic carbocycles. The molecular weight excluding hydrogens is 278 g/mol. The molecule has 0 unspecified atom stereocenters. The minimum Gasteiger partial charge on any atom is -0.331 e. The zero-order chi connectivity index (χ0) is 16.1. The smallest absolute Gasteiger partial charge is 0.272 e. The summed E-state index contributed by atoms with van der Waals surface area (Å²) in [6.07, 6.45) is 1.55. The molecule has 2 aromatic rings. The van der Waals surface area contributed by atoms with Gasteiger partial charge < -0.3 is 10.2 Å². The lowest BCUT2D eigenvalue weighted by Gasteiger charge is -2.17. The van der Waals surface area contributed by atoms with Crippen LogP contribution in [0.2, 0.25) is 0 Å². The Morgan fingerprint density at radius 1 is 1.14 bits per heavy atom. The normalized spacial score (nSPS) is 10.1. The number of carbonyl (C=O) groups is 2. The highest BCUT2D eigenvalue weighted by molar-refractivity contribution is 5.98. The second-order valence-corrected chi connectivity index (χ2v) is 5.17. The molecule has 0 aliphatic rings. The van der Waals surface area contributed by atoms with E-state index in [1.807, 2.05) is 32.0 Å². The van der Waals surface area contributed by atoms with Gasteiger partial charge in [-0.3, -0.25) is 14.6 Å². The summed E-state index contributed by atoms with van der Waals surface area (Å²) in [4.78, 5) is 29.6. The number of anilines is 1. The van der Waals surface area contributed by atoms with Crippen molar-refractivity contribution in [3.8, 4) is 0 Å². The summed E-state index contributed by atoms with van der Waals surface area (Å²) >= 11 is 0. The van der Waals surface area contributed by atoms with Crippen molar-refractivity contribution in [3.63, 3.8) is 0 Å². The topological polar surface area (TPSA) is 62.3 Å². The van der Waals surface area contributed by atoms with E-state index >= 15 is 0 Å². The first kappa shape index (κ1) is 15.7. The van der Waals surface area contributed by atoms with Crippen molar-refractivity contribution >= 4 is 17.5 Å². The summed E-state index contributed by atoms with van der Waals surface area (Å²) in [5, 5.41) is 2.84. The van der Waals surface area contributed by atoms with E-state index in [1.54, 1.807) is 31.4 Å². The molecule has 0 aliphatic carbocycles. The third kappa shape index (κ3) is 3.69. The summed E-state index contributed by atoms with van der Waals surface area (Å²) in [6, 6.07) is 10.8. The third-order valence-corrected chi connectivity index (χ3v) is 3.49. The fourth-order valence-corrected chi connectivity index (χ4v) is 2.05. The lowest BCUT2D eigenvalue weighted by atomic mass is 10.1. The zero-order valence-electron chi connectivity index (χ0n) is 13.0. The predicted molar refractivity (Wildman–Crippen MR) is 85.7 cm³/mol. The summed E-state index contributed by atoms with van der Waals surface area (Å²) in [5.41, 5.74) is 3.22. The van der Waals surface area contributed by atoms with Gasteiger partial charge in [0.15, 0.2) is 0 Å². The molecule has 0 saturated heterocycles. The predicted octanol–water partition coefficient (Wildman–Crippen LogP) is 2.41. The number of hydrogen-bond donors (Lipinski definition) is 1. The number of amides is 2. The Balaban J connectivity index is 2.00. The maximum atomic E-state index is 12.1. The van der Waals surface area contributed by atoms with E-state index in [1.165, 1.54) is 4.90 Å². The van der Waals surface area contributed by atoms with Crippen LogP contribution in [0.25, 0.3) is 0 Å². The van der Waals surface area contributed by atoms with E-state index in [0.717, 1.165) is 16.8 Å². The van der Waals surface area contributed by atoms with Gasteiger partial charge in [0.2, 0.25) is 5.91 Å². The fraction of sp³-hybridized carbons (Fsp3) is 0.235. The van der Waals surface area contributed by atoms with Gasteiger partial charge in [0.25, 0.3) is 5.91 Å². The molecule has 0 bridgehead atoms. The molecule has 5 heteroatoms. The first-order valence-electron chi connectivity index (χ1n) is 7.01. The van der Waals surface area contributed by atoms with Crippen LogP contribution >= 0.6 is 0 Å². The largest absolute Gasteiger partial charge is 0.331 e. The summed E-state index contributed by atoms with van der Waals surface area (Å²) < 4.78 is 0. The van der Waals surface area contributed by atoms with Crippen molar-refractivity contribution in [2.45, 2.75) is 13.8 Å². The van der Waals surface area contributed by atoms with Crippen molar-refractivity contribution in [2.75, 3.05) is 18.9 Å². The molecule has 2 amide bonds. The lowest BCUT2D eigenvalue weighted by Crippen LogP contribution is -2.35. The molecule has 0 aliphatic heterocycles. The standard InChI is InChI=1S/C17H19N3O2/c1-12-7-6-9-14(13(12)2)19-16(21)11-20(3)17(22)15-8-4-5-10-18-15/h4-10H,11H2,1-3H3,(H,19,21). The molecule has 1 aromatic heterocycles.